The minimum atomic E-state index is -0.512. The van der Waals surface area contributed by atoms with Gasteiger partial charge in [0.05, 0.1) is 35.3 Å². The van der Waals surface area contributed by atoms with Gasteiger partial charge in [0.1, 0.15) is 6.54 Å². The number of hydrogen-bond donors (Lipinski definition) is 2. The Hall–Kier alpha value is -2.54. The van der Waals surface area contributed by atoms with Crippen LogP contribution in [0.25, 0.3) is 0 Å². The standard InChI is InChI=1S/C13H13ClN4O3/c1-21-13(20)8-2-3-10(14)11(4-8)17-12(19)7-18-6-9(15)5-16-18/h2-6H,7,15H2,1H3,(H,17,19). The molecule has 1 amide bonds. The van der Waals surface area contributed by atoms with E-state index in [2.05, 4.69) is 15.2 Å². The molecule has 2 aromatic rings. The van der Waals surface area contributed by atoms with Crippen LogP contribution in [0.3, 0.4) is 0 Å². The molecular formula is C13H13ClN4O3. The fraction of sp³-hybridized carbons (Fsp3) is 0.154. The number of carbonyl (C=O) groups is 2. The van der Waals surface area contributed by atoms with Crippen molar-refractivity contribution >= 4 is 34.9 Å². The Labute approximate surface area is 125 Å². The van der Waals surface area contributed by atoms with Crippen LogP contribution in [0.15, 0.2) is 30.6 Å². The zero-order valence-corrected chi connectivity index (χ0v) is 11.9. The van der Waals surface area contributed by atoms with E-state index < -0.39 is 5.97 Å². The third-order valence-corrected chi connectivity index (χ3v) is 2.95. The van der Waals surface area contributed by atoms with Gasteiger partial charge in [0.25, 0.3) is 0 Å². The number of benzene rings is 1. The molecule has 0 bridgehead atoms. The summed E-state index contributed by atoms with van der Waals surface area (Å²) in [6.07, 6.45) is 2.98. The molecule has 0 aliphatic heterocycles. The highest BCUT2D eigenvalue weighted by Crippen LogP contribution is 2.23. The number of halogens is 1. The second-order valence-electron chi connectivity index (χ2n) is 4.21. The largest absolute Gasteiger partial charge is 0.465 e. The Balaban J connectivity index is 2.11. The third kappa shape index (κ3) is 3.73. The number of nitrogens with one attached hydrogen (secondary N) is 1. The average molecular weight is 309 g/mol. The van der Waals surface area contributed by atoms with Gasteiger partial charge in [-0.25, -0.2) is 4.79 Å². The van der Waals surface area contributed by atoms with Crippen LogP contribution in [-0.2, 0) is 16.1 Å². The minimum absolute atomic E-state index is 0.0179. The predicted molar refractivity (Wildman–Crippen MR) is 78.1 cm³/mol. The Morgan fingerprint density at radius 2 is 2.24 bits per heavy atom. The van der Waals surface area contributed by atoms with E-state index in [1.165, 1.54) is 42.4 Å². The lowest BCUT2D eigenvalue weighted by atomic mass is 10.2. The Kier molecular flexibility index (Phi) is 4.44. The van der Waals surface area contributed by atoms with Crippen molar-refractivity contribution in [2.45, 2.75) is 6.54 Å². The SMILES string of the molecule is COC(=O)c1ccc(Cl)c(NC(=O)Cn2cc(N)cn2)c1. The predicted octanol–water partition coefficient (Wildman–Crippen LogP) is 1.54. The van der Waals surface area contributed by atoms with Gasteiger partial charge in [-0.15, -0.1) is 0 Å². The van der Waals surface area contributed by atoms with Crippen molar-refractivity contribution in [3.05, 3.63) is 41.2 Å². The molecule has 0 fully saturated rings. The van der Waals surface area contributed by atoms with Gasteiger partial charge in [0.15, 0.2) is 0 Å². The molecule has 0 radical (unpaired) electrons. The normalized spacial score (nSPS) is 10.2. The van der Waals surface area contributed by atoms with E-state index >= 15 is 0 Å². The highest BCUT2D eigenvalue weighted by Gasteiger charge is 2.11. The van der Waals surface area contributed by atoms with Crippen LogP contribution in [0.4, 0.5) is 11.4 Å². The summed E-state index contributed by atoms with van der Waals surface area (Å²) in [4.78, 5) is 23.4. The van der Waals surface area contributed by atoms with Crippen LogP contribution in [-0.4, -0.2) is 28.8 Å². The first-order chi connectivity index (χ1) is 9.99. The highest BCUT2D eigenvalue weighted by molar-refractivity contribution is 6.33. The molecular weight excluding hydrogens is 296 g/mol. The van der Waals surface area contributed by atoms with Crippen molar-refractivity contribution in [1.82, 2.24) is 9.78 Å². The maximum absolute atomic E-state index is 11.9. The number of methoxy groups -OCH3 is 1. The lowest BCUT2D eigenvalue weighted by molar-refractivity contribution is -0.116. The lowest BCUT2D eigenvalue weighted by Crippen LogP contribution is -2.19. The van der Waals surface area contributed by atoms with Gasteiger partial charge in [0.2, 0.25) is 5.91 Å². The second kappa shape index (κ2) is 6.27. The first-order valence-corrected chi connectivity index (χ1v) is 6.33. The number of anilines is 2. The number of nitrogen functional groups attached to an aromatic ring is 1. The first kappa shape index (κ1) is 14.9. The molecule has 110 valence electrons. The Morgan fingerprint density at radius 3 is 2.86 bits per heavy atom. The molecule has 0 aliphatic carbocycles. The number of aromatic nitrogens is 2. The van der Waals surface area contributed by atoms with E-state index in [0.717, 1.165) is 0 Å². The molecule has 0 saturated heterocycles. The molecule has 0 atom stereocenters. The number of esters is 1. The van der Waals surface area contributed by atoms with Crippen molar-refractivity contribution in [1.29, 1.82) is 0 Å². The van der Waals surface area contributed by atoms with E-state index in [9.17, 15) is 9.59 Å². The van der Waals surface area contributed by atoms with Gasteiger partial charge in [-0.3, -0.25) is 9.48 Å². The quantitative estimate of drug-likeness (QED) is 0.835. The van der Waals surface area contributed by atoms with Crippen LogP contribution in [0.5, 0.6) is 0 Å². The molecule has 7 nitrogen and oxygen atoms in total. The van der Waals surface area contributed by atoms with E-state index in [1.54, 1.807) is 0 Å². The van der Waals surface area contributed by atoms with Gasteiger partial charge in [-0.2, -0.15) is 5.10 Å². The van der Waals surface area contributed by atoms with Crippen molar-refractivity contribution in [2.75, 3.05) is 18.2 Å². The number of nitrogens with two attached hydrogens (primary N) is 1. The molecule has 21 heavy (non-hydrogen) atoms. The van der Waals surface area contributed by atoms with E-state index in [-0.39, 0.29) is 12.5 Å². The molecule has 2 rings (SSSR count). The van der Waals surface area contributed by atoms with E-state index in [4.69, 9.17) is 17.3 Å². The Morgan fingerprint density at radius 1 is 1.48 bits per heavy atom. The van der Waals surface area contributed by atoms with Crippen molar-refractivity contribution < 1.29 is 14.3 Å². The molecule has 3 N–H and O–H groups in total. The fourth-order valence-electron chi connectivity index (χ4n) is 1.67. The maximum atomic E-state index is 11.9. The van der Waals surface area contributed by atoms with Crippen molar-refractivity contribution in [3.63, 3.8) is 0 Å². The summed E-state index contributed by atoms with van der Waals surface area (Å²) in [6.45, 7) is -0.0179. The van der Waals surface area contributed by atoms with Gasteiger partial charge in [-0.1, -0.05) is 11.6 Å². The lowest BCUT2D eigenvalue weighted by Gasteiger charge is -2.09. The number of ether oxygens (including phenoxy) is 1. The van der Waals surface area contributed by atoms with Gasteiger partial charge in [0, 0.05) is 6.20 Å². The molecule has 1 aromatic heterocycles. The molecule has 8 heteroatoms. The number of hydrogen-bond acceptors (Lipinski definition) is 5. The van der Waals surface area contributed by atoms with Gasteiger partial charge in [-0.05, 0) is 18.2 Å². The molecule has 0 saturated carbocycles. The van der Waals surface area contributed by atoms with E-state index in [1.807, 2.05) is 0 Å². The molecule has 1 heterocycles. The summed E-state index contributed by atoms with van der Waals surface area (Å²) in [5.41, 5.74) is 6.59. The van der Waals surface area contributed by atoms with Crippen LogP contribution >= 0.6 is 11.6 Å². The average Bonchev–Trinajstić information content (AvgIpc) is 2.85. The number of carbonyl (C=O) groups excluding carboxylic acids is 2. The summed E-state index contributed by atoms with van der Waals surface area (Å²) in [5.74, 6) is -0.857. The minimum Gasteiger partial charge on any atom is -0.465 e. The highest BCUT2D eigenvalue weighted by atomic mass is 35.5. The summed E-state index contributed by atoms with van der Waals surface area (Å²) in [6, 6.07) is 4.47. The number of rotatable bonds is 4. The van der Waals surface area contributed by atoms with Crippen LogP contribution in [0.2, 0.25) is 5.02 Å². The topological polar surface area (TPSA) is 99.2 Å². The van der Waals surface area contributed by atoms with E-state index in [0.29, 0.717) is 22.0 Å². The summed E-state index contributed by atoms with van der Waals surface area (Å²) in [5, 5.41) is 6.83. The summed E-state index contributed by atoms with van der Waals surface area (Å²) >= 11 is 5.99. The smallest absolute Gasteiger partial charge is 0.337 e. The molecule has 1 aromatic carbocycles. The fourth-order valence-corrected chi connectivity index (χ4v) is 1.83. The van der Waals surface area contributed by atoms with Gasteiger partial charge >= 0.3 is 5.97 Å². The maximum Gasteiger partial charge on any atom is 0.337 e. The van der Waals surface area contributed by atoms with Crippen LogP contribution in [0.1, 0.15) is 10.4 Å². The Bertz CT molecular complexity index is 684. The number of amides is 1. The van der Waals surface area contributed by atoms with Crippen molar-refractivity contribution in [2.24, 2.45) is 0 Å². The zero-order chi connectivity index (χ0) is 15.4. The third-order valence-electron chi connectivity index (χ3n) is 2.62. The van der Waals surface area contributed by atoms with Crippen LogP contribution in [0, 0.1) is 0 Å². The first-order valence-electron chi connectivity index (χ1n) is 5.95. The molecule has 0 aliphatic rings. The number of nitrogens with zero attached hydrogens (tertiary/aromatic N) is 2. The summed E-state index contributed by atoms with van der Waals surface area (Å²) in [7, 11) is 1.28. The van der Waals surface area contributed by atoms with Crippen molar-refractivity contribution in [3.8, 4) is 0 Å². The molecule has 0 spiro atoms. The molecule has 0 unspecified atom stereocenters. The van der Waals surface area contributed by atoms with Crippen LogP contribution < -0.4 is 11.1 Å². The van der Waals surface area contributed by atoms with Gasteiger partial charge < -0.3 is 15.8 Å². The zero-order valence-electron chi connectivity index (χ0n) is 11.2. The summed E-state index contributed by atoms with van der Waals surface area (Å²) < 4.78 is 6.00. The second-order valence-corrected chi connectivity index (χ2v) is 4.61. The monoisotopic (exact) mass is 308 g/mol.